The summed E-state index contributed by atoms with van der Waals surface area (Å²) < 4.78 is 18.2. The highest BCUT2D eigenvalue weighted by atomic mass is 32.1. The second-order valence-electron chi connectivity index (χ2n) is 4.61. The van der Waals surface area contributed by atoms with Gasteiger partial charge in [0, 0.05) is 4.88 Å². The lowest BCUT2D eigenvalue weighted by atomic mass is 10.1. The summed E-state index contributed by atoms with van der Waals surface area (Å²) in [6, 6.07) is 9.88. The van der Waals surface area contributed by atoms with Gasteiger partial charge in [0.1, 0.15) is 5.82 Å². The Balaban J connectivity index is 1.58. The van der Waals surface area contributed by atoms with Gasteiger partial charge in [-0.25, -0.2) is 4.39 Å². The molecule has 0 atom stereocenters. The van der Waals surface area contributed by atoms with Crippen LogP contribution in [0.1, 0.15) is 16.3 Å². The van der Waals surface area contributed by atoms with Crippen LogP contribution in [0.25, 0.3) is 0 Å². The van der Waals surface area contributed by atoms with Crippen LogP contribution in [-0.4, -0.2) is 16.1 Å². The average molecular weight is 317 g/mol. The Morgan fingerprint density at radius 1 is 1.23 bits per heavy atom. The topological polar surface area (TPSA) is 68.0 Å². The van der Waals surface area contributed by atoms with Crippen molar-refractivity contribution in [2.45, 2.75) is 12.8 Å². The van der Waals surface area contributed by atoms with E-state index < -0.39 is 0 Å². The Morgan fingerprint density at radius 3 is 2.77 bits per heavy atom. The number of thiophene rings is 1. The van der Waals surface area contributed by atoms with E-state index in [1.807, 2.05) is 17.5 Å². The summed E-state index contributed by atoms with van der Waals surface area (Å²) in [5, 5.41) is 12.1. The van der Waals surface area contributed by atoms with E-state index in [-0.39, 0.29) is 24.2 Å². The van der Waals surface area contributed by atoms with E-state index in [0.717, 1.165) is 10.4 Å². The number of hydrogen-bond acceptors (Lipinski definition) is 5. The minimum Gasteiger partial charge on any atom is -0.407 e. The number of nitrogens with one attached hydrogen (secondary N) is 1. The molecule has 5 nitrogen and oxygen atoms in total. The number of benzene rings is 1. The maximum absolute atomic E-state index is 12.8. The number of carbonyl (C=O) groups is 1. The van der Waals surface area contributed by atoms with E-state index in [2.05, 4.69) is 15.5 Å². The van der Waals surface area contributed by atoms with Gasteiger partial charge in [-0.2, -0.15) is 0 Å². The van der Waals surface area contributed by atoms with E-state index >= 15 is 0 Å². The van der Waals surface area contributed by atoms with Gasteiger partial charge in [0.2, 0.25) is 11.8 Å². The fourth-order valence-corrected chi connectivity index (χ4v) is 2.59. The lowest BCUT2D eigenvalue weighted by Gasteiger charge is -1.98. The van der Waals surface area contributed by atoms with Gasteiger partial charge in [-0.3, -0.25) is 10.1 Å². The first-order chi connectivity index (χ1) is 10.7. The fraction of sp³-hybridized carbons (Fsp3) is 0.133. The van der Waals surface area contributed by atoms with E-state index in [4.69, 9.17) is 4.42 Å². The second-order valence-corrected chi connectivity index (χ2v) is 5.64. The minimum atomic E-state index is -0.296. The summed E-state index contributed by atoms with van der Waals surface area (Å²) >= 11 is 1.51. The van der Waals surface area contributed by atoms with E-state index in [1.54, 1.807) is 12.1 Å². The molecule has 0 aliphatic carbocycles. The van der Waals surface area contributed by atoms with Gasteiger partial charge in [-0.15, -0.1) is 16.4 Å². The SMILES string of the molecule is O=C(Cc1cccs1)Nc1nnc(Cc2ccc(F)cc2)o1. The number of carbonyl (C=O) groups excluding carboxylic acids is 1. The van der Waals surface area contributed by atoms with Crippen molar-refractivity contribution in [1.82, 2.24) is 10.2 Å². The lowest BCUT2D eigenvalue weighted by molar-refractivity contribution is -0.115. The Hall–Kier alpha value is -2.54. The lowest BCUT2D eigenvalue weighted by Crippen LogP contribution is -2.13. The van der Waals surface area contributed by atoms with Crippen LogP contribution in [0.3, 0.4) is 0 Å². The molecule has 1 amide bonds. The number of rotatable bonds is 5. The number of halogens is 1. The zero-order chi connectivity index (χ0) is 15.4. The highest BCUT2D eigenvalue weighted by Crippen LogP contribution is 2.13. The average Bonchev–Trinajstić information content (AvgIpc) is 3.14. The molecule has 2 aromatic heterocycles. The van der Waals surface area contributed by atoms with Crippen LogP contribution in [0, 0.1) is 5.82 Å². The van der Waals surface area contributed by atoms with Crippen LogP contribution in [0.4, 0.5) is 10.4 Å². The highest BCUT2D eigenvalue weighted by Gasteiger charge is 2.11. The predicted molar refractivity (Wildman–Crippen MR) is 80.2 cm³/mol. The first kappa shape index (κ1) is 14.4. The molecule has 3 aromatic rings. The molecule has 0 aliphatic heterocycles. The second kappa shape index (κ2) is 6.48. The molecule has 0 radical (unpaired) electrons. The molecule has 0 saturated carbocycles. The molecule has 0 aliphatic rings. The molecule has 0 bridgehead atoms. The summed E-state index contributed by atoms with van der Waals surface area (Å²) in [5.41, 5.74) is 0.849. The van der Waals surface area contributed by atoms with Gasteiger partial charge in [0.05, 0.1) is 12.8 Å². The van der Waals surface area contributed by atoms with Crippen LogP contribution < -0.4 is 5.32 Å². The standard InChI is InChI=1S/C15H12FN3O2S/c16-11-5-3-10(4-6-11)8-14-18-19-15(21-14)17-13(20)9-12-2-1-7-22-12/h1-7H,8-9H2,(H,17,19,20). The van der Waals surface area contributed by atoms with Gasteiger partial charge in [-0.1, -0.05) is 23.3 Å². The first-order valence-electron chi connectivity index (χ1n) is 6.58. The van der Waals surface area contributed by atoms with Crippen molar-refractivity contribution in [3.63, 3.8) is 0 Å². The largest absolute Gasteiger partial charge is 0.407 e. The number of aromatic nitrogens is 2. The van der Waals surface area contributed by atoms with E-state index in [9.17, 15) is 9.18 Å². The third kappa shape index (κ3) is 3.76. The van der Waals surface area contributed by atoms with Crippen molar-refractivity contribution in [2.75, 3.05) is 5.32 Å². The smallest absolute Gasteiger partial charge is 0.322 e. The molecule has 1 N–H and O–H groups in total. The number of hydrogen-bond donors (Lipinski definition) is 1. The van der Waals surface area contributed by atoms with Crippen molar-refractivity contribution in [3.8, 4) is 0 Å². The molecule has 0 spiro atoms. The highest BCUT2D eigenvalue weighted by molar-refractivity contribution is 7.10. The summed E-state index contributed by atoms with van der Waals surface area (Å²) in [7, 11) is 0. The van der Waals surface area contributed by atoms with Crippen LogP contribution in [0.15, 0.2) is 46.2 Å². The molecule has 2 heterocycles. The van der Waals surface area contributed by atoms with Crippen molar-refractivity contribution in [2.24, 2.45) is 0 Å². The molecule has 1 aromatic carbocycles. The van der Waals surface area contributed by atoms with Crippen molar-refractivity contribution >= 4 is 23.3 Å². The maximum Gasteiger partial charge on any atom is 0.322 e. The summed E-state index contributed by atoms with van der Waals surface area (Å²) in [5.74, 6) is -0.145. The molecule has 3 rings (SSSR count). The third-order valence-corrected chi connectivity index (χ3v) is 3.77. The zero-order valence-corrected chi connectivity index (χ0v) is 12.3. The monoisotopic (exact) mass is 317 g/mol. The van der Waals surface area contributed by atoms with Gasteiger partial charge in [-0.05, 0) is 29.1 Å². The molecule has 0 fully saturated rings. The Bertz CT molecular complexity index is 753. The zero-order valence-electron chi connectivity index (χ0n) is 11.5. The van der Waals surface area contributed by atoms with Gasteiger partial charge in [0.25, 0.3) is 0 Å². The Kier molecular flexibility index (Phi) is 4.24. The Morgan fingerprint density at radius 2 is 2.05 bits per heavy atom. The van der Waals surface area contributed by atoms with Crippen molar-refractivity contribution < 1.29 is 13.6 Å². The molecule has 0 unspecified atom stereocenters. The summed E-state index contributed by atoms with van der Waals surface area (Å²) in [4.78, 5) is 12.8. The van der Waals surface area contributed by atoms with Crippen molar-refractivity contribution in [3.05, 3.63) is 63.9 Å². The van der Waals surface area contributed by atoms with E-state index in [0.29, 0.717) is 12.3 Å². The normalized spacial score (nSPS) is 10.6. The molecular formula is C15H12FN3O2S. The van der Waals surface area contributed by atoms with Crippen LogP contribution in [0.2, 0.25) is 0 Å². The van der Waals surface area contributed by atoms with Crippen LogP contribution in [0.5, 0.6) is 0 Å². The van der Waals surface area contributed by atoms with Crippen molar-refractivity contribution in [1.29, 1.82) is 0 Å². The van der Waals surface area contributed by atoms with Crippen LogP contribution in [-0.2, 0) is 17.6 Å². The molecule has 22 heavy (non-hydrogen) atoms. The van der Waals surface area contributed by atoms with E-state index in [1.165, 1.54) is 23.5 Å². The van der Waals surface area contributed by atoms with Crippen LogP contribution >= 0.6 is 11.3 Å². The molecule has 0 saturated heterocycles. The van der Waals surface area contributed by atoms with Gasteiger partial charge >= 0.3 is 6.01 Å². The Labute approximate surface area is 129 Å². The number of anilines is 1. The fourth-order valence-electron chi connectivity index (χ4n) is 1.89. The molecule has 7 heteroatoms. The summed E-state index contributed by atoms with van der Waals surface area (Å²) in [6.45, 7) is 0. The van der Waals surface area contributed by atoms with Gasteiger partial charge < -0.3 is 4.42 Å². The predicted octanol–water partition coefficient (Wildman–Crippen LogP) is 3.04. The molecular weight excluding hydrogens is 305 g/mol. The third-order valence-electron chi connectivity index (χ3n) is 2.90. The van der Waals surface area contributed by atoms with Gasteiger partial charge in [0.15, 0.2) is 0 Å². The summed E-state index contributed by atoms with van der Waals surface area (Å²) in [6.07, 6.45) is 0.654. The number of amides is 1. The minimum absolute atomic E-state index is 0.0682. The molecule has 112 valence electrons. The maximum atomic E-state index is 12.8. The first-order valence-corrected chi connectivity index (χ1v) is 7.46. The quantitative estimate of drug-likeness (QED) is 0.785. The number of nitrogens with zero attached hydrogens (tertiary/aromatic N) is 2.